The Hall–Kier alpha value is -4.94. The summed E-state index contributed by atoms with van der Waals surface area (Å²) in [5.74, 6) is -5.88. The topological polar surface area (TPSA) is 208 Å². The second-order valence-electron chi connectivity index (χ2n) is 35.7. The van der Waals surface area contributed by atoms with Crippen LogP contribution in [0.5, 0.6) is 11.5 Å². The second-order valence-corrected chi connectivity index (χ2v) is 35.7. The third kappa shape index (κ3) is 8.67. The van der Waals surface area contributed by atoms with Crippen LogP contribution in [-0.4, -0.2) is 79.9 Å². The monoisotopic (exact) mass is 1230 g/mol. The summed E-state index contributed by atoms with van der Waals surface area (Å²) < 4.78 is 14.3. The minimum Gasteiger partial charge on any atom is -0.504 e. The zero-order chi connectivity index (χ0) is 64.7. The van der Waals surface area contributed by atoms with E-state index in [1.54, 1.807) is 12.1 Å². The lowest BCUT2D eigenvalue weighted by Gasteiger charge is -2.71. The number of fused-ring (bicyclic) bond motifs is 15. The Morgan fingerprint density at radius 2 is 0.978 bits per heavy atom. The second kappa shape index (κ2) is 20.8. The van der Waals surface area contributed by atoms with Crippen molar-refractivity contribution in [1.29, 1.82) is 0 Å². The fourth-order valence-electron chi connectivity index (χ4n) is 25.2. The van der Waals surface area contributed by atoms with Crippen molar-refractivity contribution in [3.63, 3.8) is 0 Å². The van der Waals surface area contributed by atoms with Gasteiger partial charge in [-0.25, -0.2) is 4.79 Å². The van der Waals surface area contributed by atoms with Crippen LogP contribution in [0.4, 0.5) is 0 Å². The van der Waals surface area contributed by atoms with Crippen LogP contribution < -0.4 is 0 Å². The van der Waals surface area contributed by atoms with Crippen LogP contribution in [0.1, 0.15) is 234 Å². The van der Waals surface area contributed by atoms with Crippen LogP contribution in [0.25, 0.3) is 6.08 Å². The summed E-state index contributed by atoms with van der Waals surface area (Å²) in [7, 11) is 0. The first-order chi connectivity index (χ1) is 42.1. The van der Waals surface area contributed by atoms with Gasteiger partial charge >= 0.3 is 23.9 Å². The number of benzene rings is 2. The maximum Gasteiger partial charge on any atom is 0.334 e. The average Bonchev–Trinajstić information content (AvgIpc) is 0.680. The third-order valence-electron chi connectivity index (χ3n) is 30.5. The molecule has 11 aliphatic carbocycles. The maximum absolute atomic E-state index is 16.5. The van der Waals surface area contributed by atoms with E-state index >= 15 is 9.59 Å². The molecule has 8 fully saturated rings. The number of allylic oxidation sites excluding steroid dienone is 2. The summed E-state index contributed by atoms with van der Waals surface area (Å²) in [5.41, 5.74) is -2.00. The van der Waals surface area contributed by atoms with E-state index in [4.69, 9.17) is 9.47 Å². The molecule has 0 aromatic heterocycles. The van der Waals surface area contributed by atoms with Gasteiger partial charge in [0.2, 0.25) is 0 Å². The standard InChI is InChI=1S/C78H106O12/c1-67(2)32-34-75(65(85)86)36-38-77(48(50(75)41-67)19-22-55-71(9)28-26-57(80)69(5,6)53(71)24-30-73(55,77)11)43-89-63(83)47-40-46-18-21-52(79)62(82)60(46)59(45-16-14-13-15-17-45)61(47)64(84)90-44-78-39-37-76(66(87)88)35-33-68(3,4)42-51(76)49(78)20-23-56-72(10)29-27-58(81)70(7,8)54(72)25-31-74(56,78)12/h13-21,40,50-51,53-59,61,79-82H,22-39,41-44H2,1-12H3,(H,85,86)(H,87,88)/t50?,51?,53-,54-,55+,56+,57-,58-,59-,61-,71-,72-,73+,74+,75-,76-,77-,78-/m0/s1. The van der Waals surface area contributed by atoms with Gasteiger partial charge in [0, 0.05) is 22.3 Å². The maximum atomic E-state index is 16.5. The molecule has 2 unspecified atom stereocenters. The smallest absolute Gasteiger partial charge is 0.334 e. The predicted molar refractivity (Wildman–Crippen MR) is 345 cm³/mol. The minimum absolute atomic E-state index is 0.0273. The summed E-state index contributed by atoms with van der Waals surface area (Å²) in [4.78, 5) is 60.8. The number of hydrogen-bond donors (Lipinski definition) is 6. The average molecular weight is 1240 g/mol. The molecule has 0 saturated heterocycles. The molecule has 90 heavy (non-hydrogen) atoms. The van der Waals surface area contributed by atoms with Crippen LogP contribution in [0.15, 0.2) is 71.3 Å². The minimum atomic E-state index is -1.38. The lowest BCUT2D eigenvalue weighted by atomic mass is 9.33. The van der Waals surface area contributed by atoms with Crippen LogP contribution >= 0.6 is 0 Å². The van der Waals surface area contributed by atoms with E-state index in [0.29, 0.717) is 80.9 Å². The molecule has 13 rings (SSSR count). The highest BCUT2D eigenvalue weighted by Gasteiger charge is 2.74. The Bertz CT molecular complexity index is 3390. The fraction of sp³-hybridized carbons (Fsp3) is 0.718. The zero-order valence-corrected chi connectivity index (χ0v) is 56.2. The van der Waals surface area contributed by atoms with Crippen molar-refractivity contribution in [2.45, 2.75) is 230 Å². The highest BCUT2D eigenvalue weighted by Crippen LogP contribution is 2.79. The van der Waals surface area contributed by atoms with Gasteiger partial charge in [-0.3, -0.25) is 14.4 Å². The van der Waals surface area contributed by atoms with Crippen molar-refractivity contribution in [1.82, 2.24) is 0 Å². The first kappa shape index (κ1) is 63.8. The van der Waals surface area contributed by atoms with E-state index in [1.807, 2.05) is 30.3 Å². The number of carbonyl (C=O) groups excluding carboxylic acids is 2. The Morgan fingerprint density at radius 3 is 1.44 bits per heavy atom. The van der Waals surface area contributed by atoms with E-state index in [-0.39, 0.29) is 92.5 Å². The number of aliphatic carboxylic acids is 2. The molecule has 0 bridgehead atoms. The predicted octanol–water partition coefficient (Wildman–Crippen LogP) is 15.8. The van der Waals surface area contributed by atoms with E-state index in [1.165, 1.54) is 6.07 Å². The largest absolute Gasteiger partial charge is 0.504 e. The normalized spacial score (nSPS) is 43.9. The number of hydrogen-bond acceptors (Lipinski definition) is 10. The van der Waals surface area contributed by atoms with Crippen molar-refractivity contribution in [2.75, 3.05) is 13.2 Å². The number of aliphatic hydroxyl groups is 2. The molecule has 0 heterocycles. The molecule has 0 radical (unpaired) electrons. The van der Waals surface area contributed by atoms with Gasteiger partial charge in [0.15, 0.2) is 11.5 Å². The fourth-order valence-corrected chi connectivity index (χ4v) is 25.2. The molecule has 11 aliphatic rings. The first-order valence-corrected chi connectivity index (χ1v) is 35.0. The summed E-state index contributed by atoms with van der Waals surface area (Å²) in [5, 5.41) is 69.7. The number of phenols is 2. The molecule has 0 aliphatic heterocycles. The Balaban J connectivity index is 0.920. The molecule has 2 aromatic rings. The molecule has 18 atom stereocenters. The van der Waals surface area contributed by atoms with E-state index in [2.05, 4.69) is 95.2 Å². The number of phenolic OH excluding ortho intramolecular Hbond substituents is 2. The number of carboxylic acid groups (broad SMARTS) is 2. The van der Waals surface area contributed by atoms with Crippen LogP contribution in [0.3, 0.4) is 0 Å². The van der Waals surface area contributed by atoms with E-state index in [0.717, 1.165) is 75.4 Å². The van der Waals surface area contributed by atoms with Gasteiger partial charge in [0.1, 0.15) is 19.1 Å². The molecular weight excluding hydrogens is 1130 g/mol. The van der Waals surface area contributed by atoms with Crippen molar-refractivity contribution < 1.29 is 59.3 Å². The molecule has 6 N–H and O–H groups in total. The number of ether oxygens (including phenoxy) is 2. The summed E-state index contributed by atoms with van der Waals surface area (Å²) in [6.45, 7) is 27.5. The van der Waals surface area contributed by atoms with Gasteiger partial charge in [-0.2, -0.15) is 0 Å². The summed E-state index contributed by atoms with van der Waals surface area (Å²) in [6.07, 6.45) is 19.5. The van der Waals surface area contributed by atoms with Gasteiger partial charge in [0.25, 0.3) is 0 Å². The van der Waals surface area contributed by atoms with Crippen molar-refractivity contribution in [3.05, 3.63) is 88.0 Å². The van der Waals surface area contributed by atoms with Gasteiger partial charge in [-0.05, 0) is 231 Å². The van der Waals surface area contributed by atoms with Crippen LogP contribution in [0.2, 0.25) is 0 Å². The van der Waals surface area contributed by atoms with Crippen LogP contribution in [0, 0.1) is 106 Å². The number of esters is 2. The summed E-state index contributed by atoms with van der Waals surface area (Å²) >= 11 is 0. The summed E-state index contributed by atoms with van der Waals surface area (Å²) in [6, 6.07) is 12.4. The Morgan fingerprint density at radius 1 is 0.522 bits per heavy atom. The third-order valence-corrected chi connectivity index (χ3v) is 30.5. The lowest BCUT2D eigenvalue weighted by Crippen LogP contribution is -2.66. The molecular formula is C78H106O12. The van der Waals surface area contributed by atoms with E-state index < -0.39 is 86.2 Å². The lowest BCUT2D eigenvalue weighted by molar-refractivity contribution is -0.218. The quantitative estimate of drug-likeness (QED) is 0.0788. The highest BCUT2D eigenvalue weighted by molar-refractivity contribution is 6.02. The molecule has 8 saturated carbocycles. The highest BCUT2D eigenvalue weighted by atomic mass is 16.5. The molecule has 12 heteroatoms. The number of aliphatic hydroxyl groups excluding tert-OH is 2. The molecule has 12 nitrogen and oxygen atoms in total. The zero-order valence-electron chi connectivity index (χ0n) is 56.2. The number of rotatable bonds is 9. The van der Waals surface area contributed by atoms with Crippen molar-refractivity contribution in [2.24, 2.45) is 106 Å². The van der Waals surface area contributed by atoms with Crippen molar-refractivity contribution >= 4 is 30.0 Å². The van der Waals surface area contributed by atoms with Crippen molar-refractivity contribution in [3.8, 4) is 11.5 Å². The van der Waals surface area contributed by atoms with Gasteiger partial charge in [0.05, 0.1) is 28.6 Å². The Labute approximate surface area is 535 Å². The molecule has 0 amide bonds. The molecule has 490 valence electrons. The SMILES string of the molecule is CC1(C)CC[C@]2(C(=O)O)CC[C@]3(COC(=O)C4=Cc5ccc(O)c(O)c5[C@H](c5ccccc5)[C@H]4C(=O)OC[C@@]45CC[C@@]6(C(=O)O)CCC(C)(C)CC6C4=CC[C@@H]4[C@@]6(C)CC[C@H](O)C(C)(C)[C@@H]6CC[C@]45C)C(=CC[C@@H]4[C@@]5(C)CC[C@H](O)C(C)(C)[C@@H]5CC[C@]43C)C2C1. The van der Waals surface area contributed by atoms with Gasteiger partial charge in [-0.1, -0.05) is 143 Å². The first-order valence-electron chi connectivity index (χ1n) is 35.0. The number of aromatic hydroxyl groups is 2. The van der Waals surface area contributed by atoms with Crippen LogP contribution in [-0.2, 0) is 28.7 Å². The number of carboxylic acids is 2. The molecule has 2 aromatic carbocycles. The van der Waals surface area contributed by atoms with Gasteiger partial charge in [-0.15, -0.1) is 0 Å². The van der Waals surface area contributed by atoms with Gasteiger partial charge < -0.3 is 40.1 Å². The van der Waals surface area contributed by atoms with E-state index in [9.17, 15) is 40.2 Å². The Kier molecular flexibility index (Phi) is 14.7. The molecule has 0 spiro atoms. The number of carbonyl (C=O) groups is 4.